The van der Waals surface area contributed by atoms with E-state index in [0.717, 1.165) is 19.3 Å². The fourth-order valence-electron chi connectivity index (χ4n) is 1.54. The van der Waals surface area contributed by atoms with E-state index in [9.17, 15) is 18.0 Å². The number of rotatable bonds is 7. The molecule has 0 bridgehead atoms. The fourth-order valence-corrected chi connectivity index (χ4v) is 1.54. The van der Waals surface area contributed by atoms with Crippen molar-refractivity contribution in [1.82, 2.24) is 0 Å². The summed E-state index contributed by atoms with van der Waals surface area (Å²) in [6.45, 7) is 6.15. The van der Waals surface area contributed by atoms with E-state index in [0.29, 0.717) is 12.3 Å². The number of ketones is 1. The second-order valence-electron chi connectivity index (χ2n) is 4.89. The quantitative estimate of drug-likeness (QED) is 0.644. The average molecular weight is 238 g/mol. The lowest BCUT2D eigenvalue weighted by atomic mass is 9.95. The SMILES string of the molecule is CC(C)CCCC(C)CCC(=O)C(F)(F)F. The minimum atomic E-state index is -4.66. The third kappa shape index (κ3) is 7.71. The number of carbonyl (C=O) groups is 1. The summed E-state index contributed by atoms with van der Waals surface area (Å²) in [5.41, 5.74) is 0. The highest BCUT2D eigenvalue weighted by atomic mass is 19.4. The topological polar surface area (TPSA) is 17.1 Å². The van der Waals surface area contributed by atoms with Gasteiger partial charge in [0.05, 0.1) is 0 Å². The Hall–Kier alpha value is -0.540. The van der Waals surface area contributed by atoms with E-state index in [1.807, 2.05) is 6.92 Å². The third-order valence-electron chi connectivity index (χ3n) is 2.66. The van der Waals surface area contributed by atoms with E-state index in [1.54, 1.807) is 0 Å². The van der Waals surface area contributed by atoms with Crippen LogP contribution in [-0.2, 0) is 4.79 Å². The Morgan fingerprint density at radius 2 is 1.62 bits per heavy atom. The summed E-state index contributed by atoms with van der Waals surface area (Å²) in [5.74, 6) is -0.766. The molecule has 0 aromatic heterocycles. The van der Waals surface area contributed by atoms with Crippen LogP contribution in [-0.4, -0.2) is 12.0 Å². The molecule has 0 rings (SSSR count). The summed E-state index contributed by atoms with van der Waals surface area (Å²) < 4.78 is 35.7. The Morgan fingerprint density at radius 3 is 2.06 bits per heavy atom. The molecule has 0 aliphatic carbocycles. The molecule has 0 fully saturated rings. The zero-order valence-corrected chi connectivity index (χ0v) is 10.2. The Bertz CT molecular complexity index is 209. The van der Waals surface area contributed by atoms with E-state index in [-0.39, 0.29) is 12.3 Å². The van der Waals surface area contributed by atoms with Gasteiger partial charge in [-0.3, -0.25) is 4.79 Å². The Labute approximate surface area is 95.4 Å². The molecule has 0 saturated carbocycles. The van der Waals surface area contributed by atoms with Crippen molar-refractivity contribution >= 4 is 5.78 Å². The predicted molar refractivity (Wildman–Crippen MR) is 58.1 cm³/mol. The normalized spacial score (nSPS) is 14.2. The zero-order chi connectivity index (χ0) is 12.8. The molecule has 0 heterocycles. The molecule has 1 unspecified atom stereocenters. The molecule has 0 saturated heterocycles. The second kappa shape index (κ2) is 6.92. The van der Waals surface area contributed by atoms with Gasteiger partial charge in [0.2, 0.25) is 5.78 Å². The van der Waals surface area contributed by atoms with Gasteiger partial charge in [-0.1, -0.05) is 40.0 Å². The maximum Gasteiger partial charge on any atom is 0.449 e. The van der Waals surface area contributed by atoms with Crippen molar-refractivity contribution in [2.24, 2.45) is 11.8 Å². The zero-order valence-electron chi connectivity index (χ0n) is 10.2. The first kappa shape index (κ1) is 15.5. The second-order valence-corrected chi connectivity index (χ2v) is 4.89. The molecular weight excluding hydrogens is 217 g/mol. The molecule has 1 nitrogen and oxygen atoms in total. The van der Waals surface area contributed by atoms with Crippen LogP contribution < -0.4 is 0 Å². The standard InChI is InChI=1S/C12H21F3O/c1-9(2)5-4-6-10(3)7-8-11(16)12(13,14)15/h9-10H,4-8H2,1-3H3. The van der Waals surface area contributed by atoms with Crippen molar-refractivity contribution in [1.29, 1.82) is 0 Å². The van der Waals surface area contributed by atoms with Crippen molar-refractivity contribution in [2.75, 3.05) is 0 Å². The van der Waals surface area contributed by atoms with Crippen molar-refractivity contribution in [3.63, 3.8) is 0 Å². The Kier molecular flexibility index (Phi) is 6.68. The van der Waals surface area contributed by atoms with Gasteiger partial charge in [0.1, 0.15) is 0 Å². The van der Waals surface area contributed by atoms with Crippen molar-refractivity contribution in [3.8, 4) is 0 Å². The van der Waals surface area contributed by atoms with E-state index < -0.39 is 12.0 Å². The summed E-state index contributed by atoms with van der Waals surface area (Å²) in [5, 5.41) is 0. The fraction of sp³-hybridized carbons (Fsp3) is 0.917. The first-order valence-electron chi connectivity index (χ1n) is 5.83. The summed E-state index contributed by atoms with van der Waals surface area (Å²) >= 11 is 0. The minimum absolute atomic E-state index is 0.199. The molecule has 0 aliphatic rings. The highest BCUT2D eigenvalue weighted by Crippen LogP contribution is 2.22. The molecule has 0 N–H and O–H groups in total. The van der Waals surface area contributed by atoms with Crippen LogP contribution in [0.2, 0.25) is 0 Å². The Balaban J connectivity index is 3.65. The van der Waals surface area contributed by atoms with Crippen LogP contribution in [0.4, 0.5) is 13.2 Å². The third-order valence-corrected chi connectivity index (χ3v) is 2.66. The number of alkyl halides is 3. The van der Waals surface area contributed by atoms with Crippen molar-refractivity contribution in [2.45, 2.75) is 59.1 Å². The average Bonchev–Trinajstić information content (AvgIpc) is 2.11. The van der Waals surface area contributed by atoms with Gasteiger partial charge in [0, 0.05) is 6.42 Å². The largest absolute Gasteiger partial charge is 0.449 e. The molecule has 4 heteroatoms. The molecule has 0 spiro atoms. The molecular formula is C12H21F3O. The van der Waals surface area contributed by atoms with Gasteiger partial charge < -0.3 is 0 Å². The lowest BCUT2D eigenvalue weighted by Gasteiger charge is -2.12. The lowest BCUT2D eigenvalue weighted by Crippen LogP contribution is -2.22. The molecule has 0 amide bonds. The summed E-state index contributed by atoms with van der Waals surface area (Å²) in [4.78, 5) is 10.6. The summed E-state index contributed by atoms with van der Waals surface area (Å²) in [6.07, 6.45) is -1.65. The Morgan fingerprint density at radius 1 is 1.06 bits per heavy atom. The number of carbonyl (C=O) groups excluding carboxylic acids is 1. The van der Waals surface area contributed by atoms with E-state index in [4.69, 9.17) is 0 Å². The van der Waals surface area contributed by atoms with Crippen LogP contribution in [0, 0.1) is 11.8 Å². The van der Waals surface area contributed by atoms with Crippen LogP contribution in [0.25, 0.3) is 0 Å². The van der Waals surface area contributed by atoms with Crippen LogP contribution in [0.3, 0.4) is 0 Å². The van der Waals surface area contributed by atoms with Gasteiger partial charge in [0.15, 0.2) is 0 Å². The van der Waals surface area contributed by atoms with Gasteiger partial charge in [-0.25, -0.2) is 0 Å². The van der Waals surface area contributed by atoms with E-state index >= 15 is 0 Å². The lowest BCUT2D eigenvalue weighted by molar-refractivity contribution is -0.171. The number of Topliss-reactive ketones (excluding diaryl/α,β-unsaturated/α-hetero) is 1. The maximum absolute atomic E-state index is 11.9. The molecule has 96 valence electrons. The predicted octanol–water partition coefficient (Wildman–Crippen LogP) is 4.36. The summed E-state index contributed by atoms with van der Waals surface area (Å²) in [6, 6.07) is 0. The molecule has 1 atom stereocenters. The maximum atomic E-state index is 11.9. The smallest absolute Gasteiger partial charge is 0.290 e. The highest BCUT2D eigenvalue weighted by molar-refractivity contribution is 5.83. The van der Waals surface area contributed by atoms with Gasteiger partial charge in [0.25, 0.3) is 0 Å². The molecule has 0 aliphatic heterocycles. The van der Waals surface area contributed by atoms with Crippen LogP contribution >= 0.6 is 0 Å². The van der Waals surface area contributed by atoms with Crippen molar-refractivity contribution in [3.05, 3.63) is 0 Å². The van der Waals surface area contributed by atoms with Gasteiger partial charge in [-0.2, -0.15) is 13.2 Å². The van der Waals surface area contributed by atoms with Gasteiger partial charge >= 0.3 is 6.18 Å². The number of halogens is 3. The van der Waals surface area contributed by atoms with Crippen LogP contribution in [0.15, 0.2) is 0 Å². The highest BCUT2D eigenvalue weighted by Gasteiger charge is 2.37. The monoisotopic (exact) mass is 238 g/mol. The van der Waals surface area contributed by atoms with E-state index in [2.05, 4.69) is 13.8 Å². The van der Waals surface area contributed by atoms with Gasteiger partial charge in [-0.15, -0.1) is 0 Å². The first-order chi connectivity index (χ1) is 7.23. The van der Waals surface area contributed by atoms with Gasteiger partial charge in [-0.05, 0) is 18.3 Å². The number of hydrogen-bond donors (Lipinski definition) is 0. The minimum Gasteiger partial charge on any atom is -0.290 e. The molecule has 0 aromatic rings. The number of hydrogen-bond acceptors (Lipinski definition) is 1. The van der Waals surface area contributed by atoms with Crippen LogP contribution in [0.5, 0.6) is 0 Å². The van der Waals surface area contributed by atoms with Crippen LogP contribution in [0.1, 0.15) is 52.9 Å². The summed E-state index contributed by atoms with van der Waals surface area (Å²) in [7, 11) is 0. The first-order valence-corrected chi connectivity index (χ1v) is 5.83. The molecule has 0 aromatic carbocycles. The molecule has 0 radical (unpaired) electrons. The van der Waals surface area contributed by atoms with E-state index in [1.165, 1.54) is 0 Å². The molecule has 16 heavy (non-hydrogen) atoms. The van der Waals surface area contributed by atoms with Crippen molar-refractivity contribution < 1.29 is 18.0 Å².